The number of carboxylic acid groups (broad SMARTS) is 1. The zero-order valence-corrected chi connectivity index (χ0v) is 30.6. The molecule has 1 spiro atoms. The Hall–Kier alpha value is -3.63. The normalized spacial score (nSPS) is 29.7. The van der Waals surface area contributed by atoms with Gasteiger partial charge in [-0.3, -0.25) is 9.88 Å². The number of aliphatic carboxylic acids is 1. The third-order valence-corrected chi connectivity index (χ3v) is 12.8. The number of fused-ring (bicyclic) bond motifs is 5. The summed E-state index contributed by atoms with van der Waals surface area (Å²) >= 11 is 6.28. The second-order valence-corrected chi connectivity index (χ2v) is 16.5. The number of carboxylic acids is 1. The van der Waals surface area contributed by atoms with Gasteiger partial charge in [-0.1, -0.05) is 31.5 Å². The Kier molecular flexibility index (Phi) is 9.51. The average Bonchev–Trinajstić information content (AvgIpc) is 3.62. The molecule has 2 aromatic carbocycles. The number of rotatable bonds is 10. The Balaban J connectivity index is 1.06. The monoisotopic (exact) mass is 735 g/mol. The van der Waals surface area contributed by atoms with E-state index in [0.29, 0.717) is 73.5 Å². The van der Waals surface area contributed by atoms with Crippen LogP contribution in [0.3, 0.4) is 0 Å². The maximum atomic E-state index is 13.2. The molecule has 0 unspecified atom stereocenters. The van der Waals surface area contributed by atoms with Crippen LogP contribution in [-0.2, 0) is 23.1 Å². The Morgan fingerprint density at radius 3 is 2.58 bits per heavy atom. The molecule has 1 aromatic heterocycles. The van der Waals surface area contributed by atoms with Crippen molar-refractivity contribution in [2.24, 2.45) is 11.8 Å². The number of likely N-dealkylation sites (tertiary alicyclic amines) is 1. The van der Waals surface area contributed by atoms with Crippen LogP contribution in [0.4, 0.5) is 14.5 Å². The summed E-state index contributed by atoms with van der Waals surface area (Å²) < 4.78 is 45.9. The molecule has 2 fully saturated rings. The maximum absolute atomic E-state index is 13.2. The largest absolute Gasteiger partial charge is 0.493 e. The van der Waals surface area contributed by atoms with Crippen molar-refractivity contribution in [1.29, 1.82) is 0 Å². The highest BCUT2D eigenvalue weighted by Gasteiger charge is 2.55. The van der Waals surface area contributed by atoms with Gasteiger partial charge in [-0.15, -0.1) is 0 Å². The van der Waals surface area contributed by atoms with Gasteiger partial charge in [0.15, 0.2) is 11.5 Å². The number of alkyl halides is 2. The van der Waals surface area contributed by atoms with E-state index in [4.69, 9.17) is 25.8 Å². The van der Waals surface area contributed by atoms with Crippen LogP contribution in [0.5, 0.6) is 17.2 Å². The molecule has 2 aliphatic heterocycles. The number of aromatic nitrogens is 1. The Bertz CT molecular complexity index is 1820. The number of nitrogens with zero attached hydrogens (tertiary/aromatic N) is 2. The first-order chi connectivity index (χ1) is 25.0. The minimum absolute atomic E-state index is 0.247. The smallest absolute Gasteiger partial charge is 0.329 e. The zero-order chi connectivity index (χ0) is 36.2. The third kappa shape index (κ3) is 6.59. The van der Waals surface area contributed by atoms with E-state index in [1.54, 1.807) is 17.0 Å². The predicted molar refractivity (Wildman–Crippen MR) is 195 cm³/mol. The molecule has 2 N–H and O–H groups in total. The minimum atomic E-state index is -2.41. The molecule has 5 atom stereocenters. The van der Waals surface area contributed by atoms with Gasteiger partial charge in [0.1, 0.15) is 23.5 Å². The number of nitrogens with one attached hydrogen (secondary N) is 1. The molecule has 52 heavy (non-hydrogen) atoms. The fourth-order valence-corrected chi connectivity index (χ4v) is 10.2. The summed E-state index contributed by atoms with van der Waals surface area (Å²) in [6.07, 6.45) is 6.14. The topological polar surface area (TPSA) is 93.2 Å². The summed E-state index contributed by atoms with van der Waals surface area (Å²) in [5.41, 5.74) is 4.10. The molecule has 0 amide bonds. The summed E-state index contributed by atoms with van der Waals surface area (Å²) in [4.78, 5) is 19.4. The van der Waals surface area contributed by atoms with Crippen molar-refractivity contribution in [3.05, 3.63) is 76.1 Å². The Morgan fingerprint density at radius 1 is 1.12 bits per heavy atom. The Morgan fingerprint density at radius 2 is 1.87 bits per heavy atom. The summed E-state index contributed by atoms with van der Waals surface area (Å²) in [6.45, 7) is 5.61. The standard InChI is InChI=1S/C41H48ClF2N3O5/c1-24(23-50-32-9-14-45-31-8-3-5-25(2)38(31)32)15-27-16-26-17-33-34(52-36-21-47(22-37(43)44)20-35(36)51-33)19-30(26)40(27)10-12-41(13-11-40,39(48)49)46-29-7-4-6-28(42)18-29/h4,6-7,9,14,17-19,24-25,27,35-37,46H,3,5,8,10-13,15-16,20-23H2,1-2H3,(H,48,49)/t24-,25-,27+,35-,36+,40?,41?/m1/s1. The number of halogens is 3. The van der Waals surface area contributed by atoms with E-state index < -0.39 is 17.9 Å². The van der Waals surface area contributed by atoms with Gasteiger partial charge in [-0.25, -0.2) is 13.6 Å². The van der Waals surface area contributed by atoms with Gasteiger partial charge in [0.05, 0.1) is 13.2 Å². The van der Waals surface area contributed by atoms with Crippen molar-refractivity contribution >= 4 is 23.3 Å². The lowest BCUT2D eigenvalue weighted by Gasteiger charge is -2.47. The Labute approximate surface area is 309 Å². The van der Waals surface area contributed by atoms with Crippen LogP contribution in [0, 0.1) is 11.8 Å². The highest BCUT2D eigenvalue weighted by molar-refractivity contribution is 6.30. The third-order valence-electron chi connectivity index (χ3n) is 12.6. The quantitative estimate of drug-likeness (QED) is 0.215. The van der Waals surface area contributed by atoms with Crippen molar-refractivity contribution < 1.29 is 32.9 Å². The van der Waals surface area contributed by atoms with E-state index in [-0.39, 0.29) is 36.0 Å². The van der Waals surface area contributed by atoms with Crippen LogP contribution in [0.2, 0.25) is 5.02 Å². The van der Waals surface area contributed by atoms with Crippen molar-refractivity contribution in [2.75, 3.05) is 31.6 Å². The number of anilines is 1. The van der Waals surface area contributed by atoms with Crippen molar-refractivity contribution in [3.63, 3.8) is 0 Å². The highest BCUT2D eigenvalue weighted by atomic mass is 35.5. The number of hydrogen-bond donors (Lipinski definition) is 2. The van der Waals surface area contributed by atoms with Crippen molar-refractivity contribution in [2.45, 2.75) is 107 Å². The SMILES string of the molecule is C[C@@H](COc1ccnc2c1[C@H](C)CCC2)C[C@H]1Cc2cc3c(cc2C12CCC(Nc1cccc(Cl)c1)(C(=O)O)CC2)O[C@H]1CN(CC(F)F)C[C@H]1O3. The van der Waals surface area contributed by atoms with Gasteiger partial charge in [0.2, 0.25) is 0 Å². The second kappa shape index (κ2) is 14.0. The summed E-state index contributed by atoms with van der Waals surface area (Å²) in [6, 6.07) is 13.5. The number of ether oxygens (including phenoxy) is 3. The molecule has 0 bridgehead atoms. The second-order valence-electron chi connectivity index (χ2n) is 16.1. The van der Waals surface area contributed by atoms with Gasteiger partial charge < -0.3 is 24.6 Å². The molecule has 1 saturated carbocycles. The number of pyridine rings is 1. The molecule has 0 radical (unpaired) electrons. The summed E-state index contributed by atoms with van der Waals surface area (Å²) in [5, 5.41) is 14.6. The van der Waals surface area contributed by atoms with E-state index in [1.165, 1.54) is 16.7 Å². The van der Waals surface area contributed by atoms with Gasteiger partial charge in [-0.2, -0.15) is 0 Å². The van der Waals surface area contributed by atoms with Crippen molar-refractivity contribution in [1.82, 2.24) is 9.88 Å². The van der Waals surface area contributed by atoms with Crippen LogP contribution >= 0.6 is 11.6 Å². The van der Waals surface area contributed by atoms with Gasteiger partial charge in [-0.05, 0) is 128 Å². The number of hydrogen-bond acceptors (Lipinski definition) is 7. The number of carbonyl (C=O) groups is 1. The van der Waals surface area contributed by atoms with Gasteiger partial charge in [0.25, 0.3) is 6.43 Å². The van der Waals surface area contributed by atoms with E-state index in [1.807, 2.05) is 24.4 Å². The lowest BCUT2D eigenvalue weighted by atomic mass is 9.59. The molecule has 11 heteroatoms. The van der Waals surface area contributed by atoms with Gasteiger partial charge >= 0.3 is 5.97 Å². The fraction of sp³-hybridized carbons (Fsp3) is 0.561. The molecule has 8 rings (SSSR count). The molecule has 3 heterocycles. The first-order valence-corrected chi connectivity index (χ1v) is 19.3. The lowest BCUT2D eigenvalue weighted by molar-refractivity contribution is -0.144. The molecular formula is C41H48ClF2N3O5. The van der Waals surface area contributed by atoms with Crippen molar-refractivity contribution in [3.8, 4) is 17.2 Å². The first kappa shape index (κ1) is 35.4. The molecule has 8 nitrogen and oxygen atoms in total. The zero-order valence-electron chi connectivity index (χ0n) is 29.9. The lowest BCUT2D eigenvalue weighted by Crippen LogP contribution is -2.53. The van der Waals surface area contributed by atoms with E-state index >= 15 is 0 Å². The van der Waals surface area contributed by atoms with Crippen LogP contribution in [0.25, 0.3) is 0 Å². The average molecular weight is 736 g/mol. The molecule has 5 aliphatic rings. The van der Waals surface area contributed by atoms with E-state index in [0.717, 1.165) is 43.5 Å². The molecule has 3 aliphatic carbocycles. The van der Waals surface area contributed by atoms with Gasteiger partial charge in [0, 0.05) is 41.3 Å². The molecular weight excluding hydrogens is 688 g/mol. The first-order valence-electron chi connectivity index (χ1n) is 18.9. The summed E-state index contributed by atoms with van der Waals surface area (Å²) in [5.74, 6) is 2.34. The maximum Gasteiger partial charge on any atom is 0.329 e. The number of benzene rings is 2. The minimum Gasteiger partial charge on any atom is -0.493 e. The fourth-order valence-electron chi connectivity index (χ4n) is 10.0. The molecule has 278 valence electrons. The van der Waals surface area contributed by atoms with Crippen LogP contribution in [0.1, 0.15) is 87.1 Å². The van der Waals surface area contributed by atoms with Crippen LogP contribution in [-0.4, -0.2) is 71.4 Å². The van der Waals surface area contributed by atoms with Crippen LogP contribution < -0.4 is 19.5 Å². The molecule has 1 saturated heterocycles. The summed E-state index contributed by atoms with van der Waals surface area (Å²) in [7, 11) is 0. The van der Waals surface area contributed by atoms with Crippen LogP contribution in [0.15, 0.2) is 48.7 Å². The molecule has 3 aromatic rings. The van der Waals surface area contributed by atoms with E-state index in [2.05, 4.69) is 36.3 Å². The predicted octanol–water partition coefficient (Wildman–Crippen LogP) is 8.29. The highest BCUT2D eigenvalue weighted by Crippen LogP contribution is 2.58. The number of aryl methyl sites for hydroxylation is 1. The van der Waals surface area contributed by atoms with E-state index in [9.17, 15) is 18.7 Å².